The topological polar surface area (TPSA) is 64.5 Å². The van der Waals surface area contributed by atoms with Gasteiger partial charge in [0.2, 0.25) is 11.8 Å². The van der Waals surface area contributed by atoms with Gasteiger partial charge >= 0.3 is 5.97 Å². The highest BCUT2D eigenvalue weighted by Crippen LogP contribution is 2.16. The SMILES string of the molecule is CCCOc1cc(C)nc(N(CCC)CC(=O)OC)n1. The Labute approximate surface area is 120 Å². The Kier molecular flexibility index (Phi) is 6.76. The summed E-state index contributed by atoms with van der Waals surface area (Å²) in [7, 11) is 1.37. The highest BCUT2D eigenvalue weighted by molar-refractivity contribution is 5.74. The van der Waals surface area contributed by atoms with Gasteiger partial charge in [-0.2, -0.15) is 4.98 Å². The zero-order valence-electron chi connectivity index (χ0n) is 12.7. The molecule has 0 saturated carbocycles. The molecule has 0 amide bonds. The lowest BCUT2D eigenvalue weighted by molar-refractivity contribution is -0.139. The zero-order chi connectivity index (χ0) is 15.0. The van der Waals surface area contributed by atoms with Gasteiger partial charge in [-0.05, 0) is 19.8 Å². The number of carbonyl (C=O) groups is 1. The van der Waals surface area contributed by atoms with E-state index in [1.807, 2.05) is 20.8 Å². The van der Waals surface area contributed by atoms with Gasteiger partial charge in [-0.1, -0.05) is 13.8 Å². The number of aromatic nitrogens is 2. The van der Waals surface area contributed by atoms with E-state index in [9.17, 15) is 4.79 Å². The molecule has 1 rings (SSSR count). The summed E-state index contributed by atoms with van der Waals surface area (Å²) in [5.74, 6) is 0.739. The summed E-state index contributed by atoms with van der Waals surface area (Å²) in [5.41, 5.74) is 0.812. The Bertz CT molecular complexity index is 438. The van der Waals surface area contributed by atoms with Gasteiger partial charge in [-0.3, -0.25) is 4.79 Å². The van der Waals surface area contributed by atoms with Crippen molar-refractivity contribution in [2.24, 2.45) is 0 Å². The monoisotopic (exact) mass is 281 g/mol. The van der Waals surface area contributed by atoms with Gasteiger partial charge in [-0.25, -0.2) is 4.98 Å². The second-order valence-electron chi connectivity index (χ2n) is 4.49. The third-order valence-corrected chi connectivity index (χ3v) is 2.60. The first-order valence-electron chi connectivity index (χ1n) is 6.90. The number of hydrogen-bond donors (Lipinski definition) is 0. The normalized spacial score (nSPS) is 10.2. The molecule has 1 aromatic heterocycles. The summed E-state index contributed by atoms with van der Waals surface area (Å²) in [4.78, 5) is 22.0. The predicted molar refractivity (Wildman–Crippen MR) is 77.1 cm³/mol. The van der Waals surface area contributed by atoms with Crippen molar-refractivity contribution in [3.63, 3.8) is 0 Å². The lowest BCUT2D eigenvalue weighted by Crippen LogP contribution is -2.32. The summed E-state index contributed by atoms with van der Waals surface area (Å²) in [5, 5.41) is 0. The van der Waals surface area contributed by atoms with Crippen molar-refractivity contribution in [3.05, 3.63) is 11.8 Å². The molecule has 20 heavy (non-hydrogen) atoms. The molecular weight excluding hydrogens is 258 g/mol. The van der Waals surface area contributed by atoms with E-state index < -0.39 is 0 Å². The van der Waals surface area contributed by atoms with E-state index in [0.717, 1.165) is 18.5 Å². The van der Waals surface area contributed by atoms with E-state index >= 15 is 0 Å². The molecule has 0 saturated heterocycles. The van der Waals surface area contributed by atoms with Gasteiger partial charge in [0.25, 0.3) is 0 Å². The number of carbonyl (C=O) groups excluding carboxylic acids is 1. The molecule has 0 unspecified atom stereocenters. The van der Waals surface area contributed by atoms with Gasteiger partial charge in [0, 0.05) is 18.3 Å². The fourth-order valence-electron chi connectivity index (χ4n) is 1.69. The Balaban J connectivity index is 2.93. The van der Waals surface area contributed by atoms with Gasteiger partial charge in [0.1, 0.15) is 6.54 Å². The summed E-state index contributed by atoms with van der Waals surface area (Å²) < 4.78 is 10.2. The average Bonchev–Trinajstić information content (AvgIpc) is 2.43. The van der Waals surface area contributed by atoms with E-state index in [1.165, 1.54) is 7.11 Å². The van der Waals surface area contributed by atoms with Crippen LogP contribution >= 0.6 is 0 Å². The standard InChI is InChI=1S/C14H23N3O3/c1-5-7-17(10-13(18)19-4)14-15-11(3)9-12(16-14)20-8-6-2/h9H,5-8,10H2,1-4H3. The van der Waals surface area contributed by atoms with Gasteiger partial charge < -0.3 is 14.4 Å². The van der Waals surface area contributed by atoms with Gasteiger partial charge in [0.15, 0.2) is 0 Å². The van der Waals surface area contributed by atoms with Crippen molar-refractivity contribution in [1.82, 2.24) is 9.97 Å². The summed E-state index contributed by atoms with van der Waals surface area (Å²) in [6.07, 6.45) is 1.80. The first-order valence-corrected chi connectivity index (χ1v) is 6.90. The minimum Gasteiger partial charge on any atom is -0.478 e. The molecule has 6 nitrogen and oxygen atoms in total. The molecular formula is C14H23N3O3. The minimum atomic E-state index is -0.306. The van der Waals surface area contributed by atoms with Crippen molar-refractivity contribution >= 4 is 11.9 Å². The first kappa shape index (κ1) is 16.2. The Morgan fingerprint density at radius 1 is 1.30 bits per heavy atom. The fourth-order valence-corrected chi connectivity index (χ4v) is 1.69. The van der Waals surface area contributed by atoms with Gasteiger partial charge in [0.05, 0.1) is 13.7 Å². The van der Waals surface area contributed by atoms with E-state index in [-0.39, 0.29) is 12.5 Å². The van der Waals surface area contributed by atoms with Crippen LogP contribution in [0.25, 0.3) is 0 Å². The van der Waals surface area contributed by atoms with E-state index in [2.05, 4.69) is 9.97 Å². The molecule has 112 valence electrons. The van der Waals surface area contributed by atoms with Crippen LogP contribution in [0.5, 0.6) is 5.88 Å². The van der Waals surface area contributed by atoms with Crippen LogP contribution in [0.3, 0.4) is 0 Å². The van der Waals surface area contributed by atoms with Crippen LogP contribution in [0.1, 0.15) is 32.4 Å². The summed E-state index contributed by atoms with van der Waals surface area (Å²) >= 11 is 0. The van der Waals surface area contributed by atoms with Gasteiger partial charge in [-0.15, -0.1) is 0 Å². The molecule has 0 atom stereocenters. The number of rotatable bonds is 8. The molecule has 0 spiro atoms. The minimum absolute atomic E-state index is 0.140. The first-order chi connectivity index (χ1) is 9.60. The van der Waals surface area contributed by atoms with Crippen LogP contribution in [-0.2, 0) is 9.53 Å². The van der Waals surface area contributed by atoms with Crippen molar-refractivity contribution in [3.8, 4) is 5.88 Å². The molecule has 0 aliphatic heterocycles. The second kappa shape index (κ2) is 8.35. The lowest BCUT2D eigenvalue weighted by atomic mass is 10.4. The molecule has 0 bridgehead atoms. The number of esters is 1. The molecule has 0 aliphatic carbocycles. The van der Waals surface area contributed by atoms with Crippen LogP contribution in [0.4, 0.5) is 5.95 Å². The van der Waals surface area contributed by atoms with Crippen LogP contribution in [0.2, 0.25) is 0 Å². The Morgan fingerprint density at radius 2 is 2.05 bits per heavy atom. The number of ether oxygens (including phenoxy) is 2. The van der Waals surface area contributed by atoms with Crippen LogP contribution in [0.15, 0.2) is 6.07 Å². The second-order valence-corrected chi connectivity index (χ2v) is 4.49. The molecule has 6 heteroatoms. The van der Waals surface area contributed by atoms with Crippen LogP contribution in [0, 0.1) is 6.92 Å². The number of aryl methyl sites for hydroxylation is 1. The quantitative estimate of drug-likeness (QED) is 0.679. The molecule has 1 heterocycles. The number of anilines is 1. The maximum absolute atomic E-state index is 11.5. The Morgan fingerprint density at radius 3 is 2.65 bits per heavy atom. The smallest absolute Gasteiger partial charge is 0.325 e. The molecule has 0 radical (unpaired) electrons. The Hall–Kier alpha value is -1.85. The molecule has 1 aromatic rings. The van der Waals surface area contributed by atoms with Crippen molar-refractivity contribution in [2.45, 2.75) is 33.6 Å². The third kappa shape index (κ3) is 5.03. The molecule has 0 aromatic carbocycles. The average molecular weight is 281 g/mol. The molecule has 0 aliphatic rings. The van der Waals surface area contributed by atoms with Crippen molar-refractivity contribution in [1.29, 1.82) is 0 Å². The van der Waals surface area contributed by atoms with E-state index in [1.54, 1.807) is 11.0 Å². The predicted octanol–water partition coefficient (Wildman–Crippen LogP) is 1.96. The number of hydrogen-bond acceptors (Lipinski definition) is 6. The molecule has 0 fully saturated rings. The lowest BCUT2D eigenvalue weighted by Gasteiger charge is -2.21. The summed E-state index contributed by atoms with van der Waals surface area (Å²) in [6, 6.07) is 1.79. The van der Waals surface area contributed by atoms with E-state index in [0.29, 0.717) is 25.0 Å². The summed E-state index contributed by atoms with van der Waals surface area (Å²) in [6.45, 7) is 7.39. The van der Waals surface area contributed by atoms with Crippen molar-refractivity contribution in [2.75, 3.05) is 31.7 Å². The van der Waals surface area contributed by atoms with E-state index in [4.69, 9.17) is 9.47 Å². The largest absolute Gasteiger partial charge is 0.478 e. The highest BCUT2D eigenvalue weighted by Gasteiger charge is 2.15. The zero-order valence-corrected chi connectivity index (χ0v) is 12.7. The molecule has 0 N–H and O–H groups in total. The third-order valence-electron chi connectivity index (χ3n) is 2.60. The maximum atomic E-state index is 11.5. The highest BCUT2D eigenvalue weighted by atomic mass is 16.5. The van der Waals surface area contributed by atoms with Crippen LogP contribution in [-0.4, -0.2) is 42.7 Å². The number of methoxy groups -OCH3 is 1. The number of nitrogens with zero attached hydrogens (tertiary/aromatic N) is 3. The van der Waals surface area contributed by atoms with Crippen molar-refractivity contribution < 1.29 is 14.3 Å². The van der Waals surface area contributed by atoms with Crippen LogP contribution < -0.4 is 9.64 Å². The fraction of sp³-hybridized carbons (Fsp3) is 0.643. The maximum Gasteiger partial charge on any atom is 0.325 e.